The third kappa shape index (κ3) is 3.79. The highest BCUT2D eigenvalue weighted by molar-refractivity contribution is 6.42. The molecule has 150 valence electrons. The summed E-state index contributed by atoms with van der Waals surface area (Å²) in [6.45, 7) is 1.20. The van der Waals surface area contributed by atoms with E-state index in [1.165, 1.54) is 5.39 Å². The Bertz CT molecular complexity index is 1340. The van der Waals surface area contributed by atoms with Crippen molar-refractivity contribution in [1.82, 2.24) is 19.6 Å². The summed E-state index contributed by atoms with van der Waals surface area (Å²) in [5, 5.41) is 13.7. The molecule has 0 fully saturated rings. The molecule has 5 rings (SSSR count). The third-order valence-corrected chi connectivity index (χ3v) is 5.66. The van der Waals surface area contributed by atoms with Crippen LogP contribution >= 0.6 is 23.2 Å². The summed E-state index contributed by atoms with van der Waals surface area (Å²) in [4.78, 5) is 7.65. The Hall–Kier alpha value is -3.22. The van der Waals surface area contributed by atoms with E-state index < -0.39 is 0 Å². The van der Waals surface area contributed by atoms with Gasteiger partial charge in [0.2, 0.25) is 0 Å². The highest BCUT2D eigenvalue weighted by Crippen LogP contribution is 2.23. The zero-order valence-corrected chi connectivity index (χ0v) is 17.4. The summed E-state index contributed by atoms with van der Waals surface area (Å²) >= 11 is 12.1. The molecule has 3 aromatic heterocycles. The van der Waals surface area contributed by atoms with Crippen molar-refractivity contribution in [3.05, 3.63) is 88.3 Å². The summed E-state index contributed by atoms with van der Waals surface area (Å²) in [7, 11) is 0. The second-order valence-corrected chi connectivity index (χ2v) is 7.79. The predicted octanol–water partition coefficient (Wildman–Crippen LogP) is 5.74. The number of anilines is 2. The molecule has 0 aliphatic carbocycles. The van der Waals surface area contributed by atoms with Crippen LogP contribution in [0.2, 0.25) is 10.0 Å². The Kier molecular flexibility index (Phi) is 4.94. The second-order valence-electron chi connectivity index (χ2n) is 6.97. The summed E-state index contributed by atoms with van der Waals surface area (Å²) in [5.41, 5.74) is 4.96. The van der Waals surface area contributed by atoms with Gasteiger partial charge in [0, 0.05) is 29.3 Å². The molecule has 8 heteroatoms. The van der Waals surface area contributed by atoms with Crippen LogP contribution in [0.25, 0.3) is 16.6 Å². The van der Waals surface area contributed by atoms with Crippen molar-refractivity contribution in [3.63, 3.8) is 0 Å². The molecule has 6 nitrogen and oxygen atoms in total. The lowest BCUT2D eigenvalue weighted by atomic mass is 10.2. The molecule has 0 amide bonds. The molecular formula is C22H18Cl2N6. The van der Waals surface area contributed by atoms with Gasteiger partial charge in [-0.2, -0.15) is 0 Å². The molecule has 0 saturated carbocycles. The first-order valence-corrected chi connectivity index (χ1v) is 10.2. The van der Waals surface area contributed by atoms with Crippen LogP contribution in [-0.4, -0.2) is 19.6 Å². The smallest absolute Gasteiger partial charge is 0.154 e. The maximum atomic E-state index is 6.09. The molecule has 0 radical (unpaired) electrons. The Morgan fingerprint density at radius 3 is 2.73 bits per heavy atom. The number of imidazole rings is 1. The highest BCUT2D eigenvalue weighted by Gasteiger charge is 2.07. The van der Waals surface area contributed by atoms with Crippen molar-refractivity contribution in [2.45, 2.75) is 13.1 Å². The van der Waals surface area contributed by atoms with E-state index in [-0.39, 0.29) is 0 Å². The van der Waals surface area contributed by atoms with Crippen LogP contribution in [0.5, 0.6) is 0 Å². The van der Waals surface area contributed by atoms with Gasteiger partial charge in [-0.15, -0.1) is 5.10 Å². The van der Waals surface area contributed by atoms with Crippen LogP contribution < -0.4 is 10.6 Å². The SMILES string of the molecule is Clc1ccc(CNc2ccc3ncc(CNc4ccc5[nH]ccc5c4)n3n2)cc1Cl. The third-order valence-electron chi connectivity index (χ3n) is 4.92. The van der Waals surface area contributed by atoms with E-state index in [1.807, 2.05) is 41.2 Å². The molecule has 30 heavy (non-hydrogen) atoms. The number of nitrogens with one attached hydrogen (secondary N) is 3. The number of fused-ring (bicyclic) bond motifs is 2. The molecule has 0 atom stereocenters. The number of aromatic nitrogens is 4. The van der Waals surface area contributed by atoms with Gasteiger partial charge in [0.25, 0.3) is 0 Å². The van der Waals surface area contributed by atoms with Crippen molar-refractivity contribution >= 4 is 51.3 Å². The first kappa shape index (κ1) is 18.8. The van der Waals surface area contributed by atoms with Crippen molar-refractivity contribution in [1.29, 1.82) is 0 Å². The van der Waals surface area contributed by atoms with Gasteiger partial charge in [0.15, 0.2) is 5.65 Å². The van der Waals surface area contributed by atoms with Crippen LogP contribution in [0, 0.1) is 0 Å². The van der Waals surface area contributed by atoms with Gasteiger partial charge >= 0.3 is 0 Å². The van der Waals surface area contributed by atoms with Crippen LogP contribution in [-0.2, 0) is 13.1 Å². The summed E-state index contributed by atoms with van der Waals surface area (Å²) < 4.78 is 1.85. The maximum absolute atomic E-state index is 6.09. The van der Waals surface area contributed by atoms with Gasteiger partial charge in [0.05, 0.1) is 28.5 Å². The second kappa shape index (κ2) is 7.89. The minimum atomic E-state index is 0.542. The Morgan fingerprint density at radius 1 is 0.900 bits per heavy atom. The molecule has 2 aromatic carbocycles. The van der Waals surface area contributed by atoms with Crippen molar-refractivity contribution in [2.75, 3.05) is 10.6 Å². The molecule has 5 aromatic rings. The van der Waals surface area contributed by atoms with Crippen LogP contribution in [0.1, 0.15) is 11.3 Å². The van der Waals surface area contributed by atoms with E-state index in [1.54, 1.807) is 6.07 Å². The quantitative estimate of drug-likeness (QED) is 0.317. The fourth-order valence-corrected chi connectivity index (χ4v) is 3.65. The zero-order chi connectivity index (χ0) is 20.5. The van der Waals surface area contributed by atoms with E-state index in [9.17, 15) is 0 Å². The topological polar surface area (TPSA) is 70.0 Å². The molecule has 3 N–H and O–H groups in total. The van der Waals surface area contributed by atoms with Crippen LogP contribution in [0.3, 0.4) is 0 Å². The van der Waals surface area contributed by atoms with Crippen LogP contribution in [0.4, 0.5) is 11.5 Å². The minimum absolute atomic E-state index is 0.542. The Labute approximate surface area is 182 Å². The summed E-state index contributed by atoms with van der Waals surface area (Å²) in [6, 6.07) is 17.7. The molecule has 0 saturated heterocycles. The van der Waals surface area contributed by atoms with Crippen molar-refractivity contribution in [3.8, 4) is 0 Å². The average molecular weight is 437 g/mol. The standard InChI is InChI=1S/C22H18Cl2N6/c23-18-3-1-14(9-19(18)24)11-27-21-5-6-22-28-13-17(30(22)29-21)12-26-16-2-4-20-15(10-16)7-8-25-20/h1-10,13,25-26H,11-12H2,(H,27,29). The molecule has 0 aliphatic heterocycles. The van der Waals surface area contributed by atoms with Gasteiger partial charge in [0.1, 0.15) is 5.82 Å². The number of rotatable bonds is 6. The minimum Gasteiger partial charge on any atom is -0.379 e. The van der Waals surface area contributed by atoms with Gasteiger partial charge in [-0.1, -0.05) is 29.3 Å². The lowest BCUT2D eigenvalue weighted by Gasteiger charge is -2.09. The number of hydrogen-bond acceptors (Lipinski definition) is 4. The molecule has 0 aliphatic rings. The number of H-pyrrole nitrogens is 1. The predicted molar refractivity (Wildman–Crippen MR) is 122 cm³/mol. The normalized spacial score (nSPS) is 11.3. The molecule has 0 unspecified atom stereocenters. The van der Waals surface area contributed by atoms with E-state index in [2.05, 4.69) is 50.0 Å². The lowest BCUT2D eigenvalue weighted by molar-refractivity contribution is 0.860. The lowest BCUT2D eigenvalue weighted by Crippen LogP contribution is -2.08. The van der Waals surface area contributed by atoms with Gasteiger partial charge in [-0.25, -0.2) is 9.50 Å². The highest BCUT2D eigenvalue weighted by atomic mass is 35.5. The van der Waals surface area contributed by atoms with Crippen molar-refractivity contribution < 1.29 is 0 Å². The number of aromatic amines is 1. The van der Waals surface area contributed by atoms with Crippen LogP contribution in [0.15, 0.2) is 67.0 Å². The molecule has 0 spiro atoms. The fourth-order valence-electron chi connectivity index (χ4n) is 3.33. The van der Waals surface area contributed by atoms with E-state index in [0.29, 0.717) is 23.1 Å². The monoisotopic (exact) mass is 436 g/mol. The van der Waals surface area contributed by atoms with E-state index in [4.69, 9.17) is 23.2 Å². The number of benzene rings is 2. The van der Waals surface area contributed by atoms with Gasteiger partial charge < -0.3 is 15.6 Å². The Balaban J connectivity index is 1.31. The summed E-state index contributed by atoms with van der Waals surface area (Å²) in [5.74, 6) is 0.751. The van der Waals surface area contributed by atoms with E-state index >= 15 is 0 Å². The maximum Gasteiger partial charge on any atom is 0.154 e. The first-order valence-electron chi connectivity index (χ1n) is 9.48. The molecular weight excluding hydrogens is 419 g/mol. The van der Waals surface area contributed by atoms with Crippen molar-refractivity contribution in [2.24, 2.45) is 0 Å². The largest absolute Gasteiger partial charge is 0.379 e. The fraction of sp³-hybridized carbons (Fsp3) is 0.0909. The van der Waals surface area contributed by atoms with Gasteiger partial charge in [-0.3, -0.25) is 0 Å². The number of halogens is 2. The van der Waals surface area contributed by atoms with E-state index in [0.717, 1.165) is 33.9 Å². The number of hydrogen-bond donors (Lipinski definition) is 3. The molecule has 0 bridgehead atoms. The summed E-state index contributed by atoms with van der Waals surface area (Å²) in [6.07, 6.45) is 3.78. The first-order chi connectivity index (χ1) is 14.7. The number of nitrogens with zero attached hydrogens (tertiary/aromatic N) is 3. The average Bonchev–Trinajstić information content (AvgIpc) is 3.39. The van der Waals surface area contributed by atoms with Gasteiger partial charge in [-0.05, 0) is 54.1 Å². The Morgan fingerprint density at radius 2 is 1.83 bits per heavy atom. The zero-order valence-electron chi connectivity index (χ0n) is 15.9. The molecule has 3 heterocycles.